The normalized spacial score (nSPS) is 21.2. The van der Waals surface area contributed by atoms with Crippen molar-refractivity contribution in [3.63, 3.8) is 0 Å². The predicted octanol–water partition coefficient (Wildman–Crippen LogP) is 7.98. The molecule has 19 nitrogen and oxygen atoms in total. The van der Waals surface area contributed by atoms with Gasteiger partial charge < -0.3 is 55.0 Å². The van der Waals surface area contributed by atoms with Gasteiger partial charge in [-0.15, -0.1) is 17.8 Å². The molecule has 5 aliphatic heterocycles. The average molecular weight is 1250 g/mol. The summed E-state index contributed by atoms with van der Waals surface area (Å²) < 4.78 is 38.7. The number of carbonyl (C=O) groups is 4. The Morgan fingerprint density at radius 1 is 0.867 bits per heavy atom. The van der Waals surface area contributed by atoms with Crippen LogP contribution in [0, 0.1) is 36.3 Å². The van der Waals surface area contributed by atoms with Crippen molar-refractivity contribution in [3.05, 3.63) is 88.7 Å². The second-order valence-corrected chi connectivity index (χ2v) is 26.7. The Morgan fingerprint density at radius 2 is 1.56 bits per heavy atom. The number of nitrogens with one attached hydrogen (secondary N) is 2. The van der Waals surface area contributed by atoms with Gasteiger partial charge in [0, 0.05) is 126 Å². The van der Waals surface area contributed by atoms with Crippen molar-refractivity contribution >= 4 is 63.0 Å². The number of hydrogen-bond donors (Lipinski definition) is 4. The summed E-state index contributed by atoms with van der Waals surface area (Å²) in [4.78, 5) is 84.3. The second-order valence-electron chi connectivity index (χ2n) is 25.8. The number of likely N-dealkylation sites (tertiary alicyclic amines) is 1. The minimum atomic E-state index is -0.822. The van der Waals surface area contributed by atoms with Gasteiger partial charge in [0.05, 0.1) is 52.2 Å². The van der Waals surface area contributed by atoms with Gasteiger partial charge in [-0.1, -0.05) is 74.8 Å². The van der Waals surface area contributed by atoms with Crippen molar-refractivity contribution in [3.8, 4) is 45.8 Å². The SMILES string of the molecule is C#Cc1c(F)ccc2cc(O)cc(-c3ncc4c(N5CC6CCC(C5)N6)nc(OCC5(CN6CCN(CCCCCCCCCCC(=O)N7CCN(C(=O)C[C@H](NC(=O)C8C[C@@H](O)CN8C=O)c8ccc(-c9scnc9C)cc8)CC7)CC6)CC5)nc4c3F)c12. The Labute approximate surface area is 528 Å². The summed E-state index contributed by atoms with van der Waals surface area (Å²) in [5.41, 5.74) is 4.49. The van der Waals surface area contributed by atoms with E-state index in [9.17, 15) is 29.4 Å². The number of benzene rings is 3. The molecule has 3 aromatic heterocycles. The van der Waals surface area contributed by atoms with Crippen LogP contribution in [0.1, 0.15) is 119 Å². The standard InChI is InChI=1S/C68H82F2N12O7S/c1-3-52-55(69)20-17-47-32-50(84)33-53(60(47)52)62-61(70)63-54(36-71-62)65(81-37-48-18-19-49(38-81)73-48)76-67(75-63)89-41-68(21-22-68)40-78-26-24-77(25-27-78)23-11-9-7-5-4-6-8-10-12-58(86)79-28-30-80(31-29-79)59(87)35-56(74-66(88)57-34-51(85)39-82(57)43-83)45-13-15-46(16-14-45)64-44(2)72-42-90-64/h1,13-17,20,32-33,36,42-43,48-49,51,56-57,73,84-85H,4-12,18-19,21-31,34-35,37-41H2,2H3,(H,74,88)/t48?,49?,51-,56+,57?/m1/s1. The molecule has 5 saturated heterocycles. The van der Waals surface area contributed by atoms with E-state index in [1.807, 2.05) is 36.1 Å². The lowest BCUT2D eigenvalue weighted by Gasteiger charge is -2.36. The van der Waals surface area contributed by atoms with Crippen LogP contribution in [0.5, 0.6) is 11.8 Å². The van der Waals surface area contributed by atoms with E-state index in [0.717, 1.165) is 112 Å². The fourth-order valence-corrected chi connectivity index (χ4v) is 15.0. The van der Waals surface area contributed by atoms with E-state index in [4.69, 9.17) is 21.1 Å². The number of phenols is 1. The molecule has 6 aliphatic rings. The first-order valence-electron chi connectivity index (χ1n) is 32.3. The highest BCUT2D eigenvalue weighted by atomic mass is 32.1. The second kappa shape index (κ2) is 28.0. The number of pyridine rings is 1. The number of phenolic OH excluding ortho intramolecular Hbond substituents is 1. The average Bonchev–Trinajstić information content (AvgIpc) is 0.932. The van der Waals surface area contributed by atoms with Gasteiger partial charge in [0.25, 0.3) is 0 Å². The van der Waals surface area contributed by atoms with Gasteiger partial charge in [0.1, 0.15) is 34.6 Å². The summed E-state index contributed by atoms with van der Waals surface area (Å²) in [5.74, 6) is 1.08. The number of halogens is 2. The predicted molar refractivity (Wildman–Crippen MR) is 342 cm³/mol. The summed E-state index contributed by atoms with van der Waals surface area (Å²) in [5, 5.41) is 28.8. The minimum Gasteiger partial charge on any atom is -0.508 e. The van der Waals surface area contributed by atoms with Crippen LogP contribution >= 0.6 is 11.3 Å². The van der Waals surface area contributed by atoms with Crippen LogP contribution in [-0.4, -0.2) is 195 Å². The summed E-state index contributed by atoms with van der Waals surface area (Å²) in [6.07, 6.45) is 20.8. The van der Waals surface area contributed by atoms with Crippen LogP contribution in [0.4, 0.5) is 14.6 Å². The lowest BCUT2D eigenvalue weighted by molar-refractivity contribution is -0.140. The third-order valence-electron chi connectivity index (χ3n) is 19.5. The molecule has 4 amide bonds. The van der Waals surface area contributed by atoms with Gasteiger partial charge in [-0.05, 0) is 86.7 Å². The number of hydrogen-bond acceptors (Lipinski definition) is 16. The fourth-order valence-electron chi connectivity index (χ4n) is 14.1. The maximum absolute atomic E-state index is 17.2. The molecule has 0 spiro atoms. The zero-order chi connectivity index (χ0) is 62.5. The van der Waals surface area contributed by atoms with Gasteiger partial charge >= 0.3 is 6.01 Å². The van der Waals surface area contributed by atoms with E-state index >= 15 is 8.78 Å². The van der Waals surface area contributed by atoms with Crippen LogP contribution in [0.25, 0.3) is 43.4 Å². The number of aryl methyl sites for hydroxylation is 1. The summed E-state index contributed by atoms with van der Waals surface area (Å²) >= 11 is 1.55. The zero-order valence-corrected chi connectivity index (χ0v) is 52.2. The van der Waals surface area contributed by atoms with E-state index in [0.29, 0.717) is 87.4 Å². The topological polar surface area (TPSA) is 213 Å². The van der Waals surface area contributed by atoms with Gasteiger partial charge in [-0.2, -0.15) is 9.97 Å². The fraction of sp³-hybridized carbons (Fsp3) is 0.529. The quantitative estimate of drug-likeness (QED) is 0.0243. The number of aliphatic hydroxyl groups is 1. The molecule has 6 aromatic rings. The Morgan fingerprint density at radius 3 is 2.23 bits per heavy atom. The summed E-state index contributed by atoms with van der Waals surface area (Å²) in [6, 6.07) is 12.5. The first-order chi connectivity index (χ1) is 43.7. The number of fused-ring (bicyclic) bond motifs is 4. The van der Waals surface area contributed by atoms with Crippen molar-refractivity contribution < 1.29 is 42.9 Å². The monoisotopic (exact) mass is 1250 g/mol. The summed E-state index contributed by atoms with van der Waals surface area (Å²) in [7, 11) is 0. The Bertz CT molecular complexity index is 3610. The number of aromatic hydroxyl groups is 1. The number of anilines is 1. The summed E-state index contributed by atoms with van der Waals surface area (Å²) in [6.45, 7) is 11.7. The van der Waals surface area contributed by atoms with Crippen molar-refractivity contribution in [1.29, 1.82) is 0 Å². The molecule has 1 aliphatic carbocycles. The Kier molecular flexibility index (Phi) is 19.5. The molecule has 1 saturated carbocycles. The van der Waals surface area contributed by atoms with E-state index in [-0.39, 0.29) is 76.1 Å². The van der Waals surface area contributed by atoms with E-state index < -0.39 is 35.7 Å². The number of terminal acetylenes is 1. The van der Waals surface area contributed by atoms with Crippen molar-refractivity contribution in [2.75, 3.05) is 96.6 Å². The number of β-amino-alcohol motifs (C(OH)–C–C–N with tert-alkyl or cyclic N) is 1. The van der Waals surface area contributed by atoms with E-state index in [1.54, 1.807) is 27.9 Å². The number of carbonyl (C=O) groups excluding carboxylic acids is 4. The zero-order valence-electron chi connectivity index (χ0n) is 51.4. The number of aromatic nitrogens is 4. The molecule has 2 bridgehead atoms. The van der Waals surface area contributed by atoms with Gasteiger partial charge in [0.2, 0.25) is 24.1 Å². The van der Waals surface area contributed by atoms with Crippen molar-refractivity contribution in [1.82, 2.24) is 55.1 Å². The molecule has 22 heteroatoms. The molecule has 3 aromatic carbocycles. The maximum atomic E-state index is 17.2. The number of amides is 4. The molecule has 4 N–H and O–H groups in total. The smallest absolute Gasteiger partial charge is 0.319 e. The number of nitrogens with zero attached hydrogens (tertiary/aromatic N) is 10. The number of ether oxygens (including phenoxy) is 1. The molecule has 12 rings (SSSR count). The minimum absolute atomic E-state index is 0.0144. The largest absolute Gasteiger partial charge is 0.508 e. The molecule has 8 heterocycles. The van der Waals surface area contributed by atoms with Crippen LogP contribution in [0.3, 0.4) is 0 Å². The molecular formula is C68H82F2N12O7S. The number of unbranched alkanes of at least 4 members (excludes halogenated alkanes) is 7. The molecular weight excluding hydrogens is 1170 g/mol. The maximum Gasteiger partial charge on any atom is 0.319 e. The molecule has 3 unspecified atom stereocenters. The molecule has 90 heavy (non-hydrogen) atoms. The highest BCUT2D eigenvalue weighted by molar-refractivity contribution is 7.13. The van der Waals surface area contributed by atoms with Crippen LogP contribution in [0.15, 0.2) is 60.2 Å². The van der Waals surface area contributed by atoms with Crippen molar-refractivity contribution in [2.24, 2.45) is 5.41 Å². The van der Waals surface area contributed by atoms with Gasteiger partial charge in [-0.25, -0.2) is 13.8 Å². The van der Waals surface area contributed by atoms with Gasteiger partial charge in [-0.3, -0.25) is 24.2 Å². The number of aliphatic hydroxyl groups excluding tert-OH is 1. The number of thiazole rings is 1. The molecule has 0 radical (unpaired) electrons. The highest BCUT2D eigenvalue weighted by Gasteiger charge is 2.46. The molecule has 6 fully saturated rings. The van der Waals surface area contributed by atoms with Crippen molar-refractivity contribution in [2.45, 2.75) is 134 Å². The first kappa shape index (κ1) is 62.8. The molecule has 476 valence electrons. The highest BCUT2D eigenvalue weighted by Crippen LogP contribution is 2.47. The Balaban J connectivity index is 0.545. The Hall–Kier alpha value is -7.42. The van der Waals surface area contributed by atoms with E-state index in [1.165, 1.54) is 54.8 Å². The lowest BCUT2D eigenvalue weighted by atomic mass is 9.96. The van der Waals surface area contributed by atoms with Crippen LogP contribution in [0.2, 0.25) is 0 Å². The number of rotatable bonds is 25. The van der Waals surface area contributed by atoms with Gasteiger partial charge in [0.15, 0.2) is 5.82 Å². The molecule has 5 atom stereocenters. The third kappa shape index (κ3) is 14.3. The third-order valence-corrected chi connectivity index (χ3v) is 20.4. The van der Waals surface area contributed by atoms with Crippen LogP contribution < -0.4 is 20.3 Å². The lowest BCUT2D eigenvalue weighted by Crippen LogP contribution is -2.51. The van der Waals surface area contributed by atoms with Crippen LogP contribution in [-0.2, 0) is 19.2 Å². The van der Waals surface area contributed by atoms with E-state index in [2.05, 4.69) is 41.2 Å². The first-order valence-corrected chi connectivity index (χ1v) is 33.2. The number of piperazine rings is 3.